The average Bonchev–Trinajstić information content (AvgIpc) is 3.36. The number of nitrogens with one attached hydrogen (secondary N) is 1. The molecule has 27 heavy (non-hydrogen) atoms. The first kappa shape index (κ1) is 18.2. The highest BCUT2D eigenvalue weighted by Gasteiger charge is 2.46. The van der Waals surface area contributed by atoms with Gasteiger partial charge >= 0.3 is 0 Å². The fraction of sp³-hybridized carbons (Fsp3) is 0.545. The Hall–Kier alpha value is -2.14. The van der Waals surface area contributed by atoms with Crippen molar-refractivity contribution in [2.24, 2.45) is 11.8 Å². The Morgan fingerprint density at radius 2 is 2.11 bits per heavy atom. The molecule has 2 aromatic rings. The normalized spacial score (nSPS) is 25.1. The number of imidazole rings is 1. The molecule has 2 aliphatic heterocycles. The summed E-state index contributed by atoms with van der Waals surface area (Å²) < 4.78 is 2.15. The van der Waals surface area contributed by atoms with Crippen LogP contribution in [0.4, 0.5) is 0 Å². The van der Waals surface area contributed by atoms with Crippen molar-refractivity contribution in [1.29, 1.82) is 0 Å². The molecule has 2 fully saturated rings. The molecule has 1 N–H and O–H groups in total. The van der Waals surface area contributed by atoms with Gasteiger partial charge in [-0.15, -0.1) is 0 Å². The van der Waals surface area contributed by atoms with Gasteiger partial charge in [0.25, 0.3) is 0 Å². The van der Waals surface area contributed by atoms with Crippen molar-refractivity contribution >= 4 is 5.91 Å². The smallest absolute Gasteiger partial charge is 0.225 e. The molecule has 0 spiro atoms. The fourth-order valence-electron chi connectivity index (χ4n) is 4.81. The first-order valence-electron chi connectivity index (χ1n) is 10.2. The minimum atomic E-state index is 0.0826. The van der Waals surface area contributed by atoms with Crippen molar-refractivity contribution in [3.8, 4) is 0 Å². The van der Waals surface area contributed by atoms with Crippen LogP contribution in [0.25, 0.3) is 0 Å². The summed E-state index contributed by atoms with van der Waals surface area (Å²) in [5, 5.41) is 3.20. The maximum atomic E-state index is 13.0. The Labute approximate surface area is 161 Å². The van der Waals surface area contributed by atoms with Gasteiger partial charge in [0.1, 0.15) is 0 Å². The van der Waals surface area contributed by atoms with E-state index in [4.69, 9.17) is 0 Å². The van der Waals surface area contributed by atoms with E-state index in [2.05, 4.69) is 63.9 Å². The lowest BCUT2D eigenvalue weighted by Crippen LogP contribution is -2.37. The second kappa shape index (κ2) is 7.85. The number of fused-ring (bicyclic) bond motifs is 1. The molecule has 4 rings (SSSR count). The van der Waals surface area contributed by atoms with Gasteiger partial charge in [0.2, 0.25) is 5.91 Å². The van der Waals surface area contributed by atoms with Gasteiger partial charge < -0.3 is 9.88 Å². The summed E-state index contributed by atoms with van der Waals surface area (Å²) in [4.78, 5) is 19.8. The van der Waals surface area contributed by atoms with Gasteiger partial charge in [0.05, 0.1) is 24.5 Å². The number of hydrogen-bond donors (Lipinski definition) is 1. The van der Waals surface area contributed by atoms with E-state index in [0.717, 1.165) is 31.6 Å². The summed E-state index contributed by atoms with van der Waals surface area (Å²) in [5.74, 6) is 0.837. The lowest BCUT2D eigenvalue weighted by Gasteiger charge is -2.24. The molecule has 2 aliphatic rings. The van der Waals surface area contributed by atoms with Crippen LogP contribution in [0.2, 0.25) is 0 Å². The Morgan fingerprint density at radius 3 is 2.89 bits per heavy atom. The minimum absolute atomic E-state index is 0.0826. The quantitative estimate of drug-likeness (QED) is 0.853. The third kappa shape index (κ3) is 3.79. The third-order valence-corrected chi connectivity index (χ3v) is 6.01. The van der Waals surface area contributed by atoms with Crippen LogP contribution in [0.5, 0.6) is 0 Å². The molecule has 5 heteroatoms. The molecular formula is C22H30N4O. The number of rotatable bonds is 6. The lowest BCUT2D eigenvalue weighted by molar-refractivity contribution is -0.125. The Morgan fingerprint density at radius 1 is 1.30 bits per heavy atom. The summed E-state index contributed by atoms with van der Waals surface area (Å²) in [6.07, 6.45) is 6.98. The summed E-state index contributed by atoms with van der Waals surface area (Å²) in [6, 6.07) is 11.4. The van der Waals surface area contributed by atoms with Gasteiger partial charge in [-0.05, 0) is 37.3 Å². The maximum absolute atomic E-state index is 13.0. The molecule has 3 atom stereocenters. The predicted octanol–water partition coefficient (Wildman–Crippen LogP) is 3.38. The van der Waals surface area contributed by atoms with Crippen molar-refractivity contribution in [3.05, 3.63) is 54.1 Å². The lowest BCUT2D eigenvalue weighted by atomic mass is 9.93. The van der Waals surface area contributed by atoms with E-state index in [9.17, 15) is 4.79 Å². The maximum Gasteiger partial charge on any atom is 0.225 e. The minimum Gasteiger partial charge on any atom is -0.350 e. The van der Waals surface area contributed by atoms with E-state index in [1.165, 1.54) is 12.0 Å². The zero-order valence-electron chi connectivity index (χ0n) is 16.3. The van der Waals surface area contributed by atoms with Crippen molar-refractivity contribution in [3.63, 3.8) is 0 Å². The second-order valence-corrected chi connectivity index (χ2v) is 8.37. The summed E-state index contributed by atoms with van der Waals surface area (Å²) >= 11 is 0. The number of benzene rings is 1. The summed E-state index contributed by atoms with van der Waals surface area (Å²) in [5.41, 5.74) is 2.42. The monoisotopic (exact) mass is 366 g/mol. The van der Waals surface area contributed by atoms with E-state index in [-0.39, 0.29) is 11.8 Å². The number of nitrogens with zero attached hydrogens (tertiary/aromatic N) is 3. The number of carbonyl (C=O) groups is 1. The zero-order chi connectivity index (χ0) is 18.8. The van der Waals surface area contributed by atoms with Crippen LogP contribution in [0, 0.1) is 11.8 Å². The van der Waals surface area contributed by atoms with Crippen LogP contribution < -0.4 is 5.32 Å². The Kier molecular flexibility index (Phi) is 5.30. The Bertz CT molecular complexity index is 770. The molecule has 2 saturated heterocycles. The fourth-order valence-corrected chi connectivity index (χ4v) is 4.81. The summed E-state index contributed by atoms with van der Waals surface area (Å²) in [7, 11) is 0. The number of amides is 1. The van der Waals surface area contributed by atoms with Gasteiger partial charge in [-0.3, -0.25) is 9.69 Å². The first-order valence-corrected chi connectivity index (χ1v) is 10.2. The van der Waals surface area contributed by atoms with Crippen LogP contribution in [0.15, 0.2) is 42.9 Å². The highest BCUT2D eigenvalue weighted by Crippen LogP contribution is 2.44. The molecule has 1 aromatic heterocycles. The van der Waals surface area contributed by atoms with Crippen LogP contribution in [0.1, 0.15) is 50.4 Å². The summed E-state index contributed by atoms with van der Waals surface area (Å²) in [6.45, 7) is 6.99. The van der Waals surface area contributed by atoms with Crippen LogP contribution in [0.3, 0.4) is 0 Å². The molecular weight excluding hydrogens is 336 g/mol. The van der Waals surface area contributed by atoms with E-state index >= 15 is 0 Å². The van der Waals surface area contributed by atoms with Gasteiger partial charge in [0.15, 0.2) is 0 Å². The number of hydrogen-bond acceptors (Lipinski definition) is 3. The molecule has 0 aliphatic carbocycles. The van der Waals surface area contributed by atoms with Crippen LogP contribution in [-0.4, -0.2) is 32.9 Å². The predicted molar refractivity (Wildman–Crippen MR) is 106 cm³/mol. The highest BCUT2D eigenvalue weighted by molar-refractivity contribution is 5.80. The van der Waals surface area contributed by atoms with Gasteiger partial charge in [-0.2, -0.15) is 0 Å². The van der Waals surface area contributed by atoms with E-state index < -0.39 is 0 Å². The number of carbonyl (C=O) groups excluding carboxylic acids is 1. The molecule has 0 saturated carbocycles. The molecule has 1 aromatic carbocycles. The van der Waals surface area contributed by atoms with E-state index in [1.807, 2.05) is 12.5 Å². The standard InChI is InChI=1S/C22H30N4O/c1-16(2)14-25-15-23-12-18(25)13-24-22(27)19-11-21(17-7-4-3-5-8-17)26-10-6-9-20(19)26/h3-5,7-8,12,15-16,19-21H,6,9-11,13-14H2,1-2H3,(H,24,27)/t19-,20+,21-/m1/s1. The third-order valence-electron chi connectivity index (χ3n) is 6.01. The molecule has 0 unspecified atom stereocenters. The molecule has 144 valence electrons. The largest absolute Gasteiger partial charge is 0.350 e. The molecule has 0 radical (unpaired) electrons. The van der Waals surface area contributed by atoms with Gasteiger partial charge in [0, 0.05) is 24.8 Å². The van der Waals surface area contributed by atoms with Crippen LogP contribution in [-0.2, 0) is 17.9 Å². The highest BCUT2D eigenvalue weighted by atomic mass is 16.2. The molecule has 1 amide bonds. The molecule has 5 nitrogen and oxygen atoms in total. The van der Waals surface area contributed by atoms with Crippen molar-refractivity contribution < 1.29 is 4.79 Å². The SMILES string of the molecule is CC(C)Cn1cncc1CNC(=O)[C@@H]1C[C@H](c2ccccc2)N2CCC[C@@H]12. The zero-order valence-corrected chi connectivity index (χ0v) is 16.3. The van der Waals surface area contributed by atoms with Gasteiger partial charge in [-0.1, -0.05) is 44.2 Å². The Balaban J connectivity index is 1.42. The topological polar surface area (TPSA) is 50.2 Å². The van der Waals surface area contributed by atoms with Crippen molar-refractivity contribution in [1.82, 2.24) is 19.8 Å². The number of aromatic nitrogens is 2. The molecule has 3 heterocycles. The first-order chi connectivity index (χ1) is 13.1. The van der Waals surface area contributed by atoms with Crippen molar-refractivity contribution in [2.75, 3.05) is 6.54 Å². The van der Waals surface area contributed by atoms with Crippen LogP contribution >= 0.6 is 0 Å². The second-order valence-electron chi connectivity index (χ2n) is 8.37. The van der Waals surface area contributed by atoms with E-state index in [0.29, 0.717) is 24.5 Å². The van der Waals surface area contributed by atoms with Gasteiger partial charge in [-0.25, -0.2) is 4.98 Å². The van der Waals surface area contributed by atoms with E-state index in [1.54, 1.807) is 0 Å². The average molecular weight is 367 g/mol. The molecule has 0 bridgehead atoms. The van der Waals surface area contributed by atoms with Crippen molar-refractivity contribution in [2.45, 2.75) is 58.3 Å².